The zero-order chi connectivity index (χ0) is 12.1. The number of amides is 3. The number of carbonyl (C=O) groups is 2. The molecule has 0 spiro atoms. The molecule has 16 heavy (non-hydrogen) atoms. The summed E-state index contributed by atoms with van der Waals surface area (Å²) in [6.07, 6.45) is 0. The van der Waals surface area contributed by atoms with Crippen molar-refractivity contribution in [2.45, 2.75) is 20.8 Å². The van der Waals surface area contributed by atoms with Crippen LogP contribution in [0.2, 0.25) is 0 Å². The van der Waals surface area contributed by atoms with Crippen molar-refractivity contribution in [3.63, 3.8) is 0 Å². The zero-order valence-electron chi connectivity index (χ0n) is 9.51. The van der Waals surface area contributed by atoms with Crippen molar-refractivity contribution in [3.05, 3.63) is 23.2 Å². The summed E-state index contributed by atoms with van der Waals surface area (Å²) in [7, 11) is 0. The number of hydrogen-bond donors (Lipinski definition) is 3. The molecule has 0 aliphatic carbocycles. The predicted octanol–water partition coefficient (Wildman–Crippen LogP) is 0.860. The van der Waals surface area contributed by atoms with Crippen LogP contribution in [-0.2, 0) is 0 Å². The summed E-state index contributed by atoms with van der Waals surface area (Å²) < 4.78 is 5.20. The lowest BCUT2D eigenvalue weighted by atomic mass is 10.2. The first kappa shape index (κ1) is 12.1. The molecule has 0 bridgehead atoms. The van der Waals surface area contributed by atoms with Crippen molar-refractivity contribution in [2.24, 2.45) is 0 Å². The molecule has 6 nitrogen and oxygen atoms in total. The van der Waals surface area contributed by atoms with E-state index < -0.39 is 11.9 Å². The highest BCUT2D eigenvalue weighted by atomic mass is 16.3. The Bertz CT molecular complexity index is 398. The molecule has 0 aliphatic heterocycles. The highest BCUT2D eigenvalue weighted by Crippen LogP contribution is 2.12. The average molecular weight is 225 g/mol. The largest absolute Gasteiger partial charge is 0.466 e. The van der Waals surface area contributed by atoms with Crippen LogP contribution in [0.5, 0.6) is 0 Å². The molecular formula is C10H15N3O3. The molecule has 1 aromatic heterocycles. The molecule has 0 unspecified atom stereocenters. The Balaban J connectivity index is 2.53. The lowest BCUT2D eigenvalue weighted by Gasteiger charge is -2.06. The summed E-state index contributed by atoms with van der Waals surface area (Å²) in [4.78, 5) is 22.6. The molecule has 3 amide bonds. The molecule has 0 aliphatic rings. The number of hydrogen-bond acceptors (Lipinski definition) is 3. The van der Waals surface area contributed by atoms with Gasteiger partial charge in [-0.2, -0.15) is 0 Å². The van der Waals surface area contributed by atoms with Gasteiger partial charge in [0.25, 0.3) is 5.91 Å². The Morgan fingerprint density at radius 3 is 2.50 bits per heavy atom. The van der Waals surface area contributed by atoms with Crippen LogP contribution in [0.4, 0.5) is 4.79 Å². The molecule has 88 valence electrons. The molecule has 1 rings (SSSR count). The Labute approximate surface area is 93.4 Å². The summed E-state index contributed by atoms with van der Waals surface area (Å²) in [6, 6.07) is 1.16. The average Bonchev–Trinajstić information content (AvgIpc) is 2.55. The van der Waals surface area contributed by atoms with Crippen LogP contribution >= 0.6 is 0 Å². The summed E-state index contributed by atoms with van der Waals surface area (Å²) in [6.45, 7) is 5.71. The van der Waals surface area contributed by atoms with Crippen LogP contribution in [0, 0.1) is 13.8 Å². The van der Waals surface area contributed by atoms with E-state index in [1.807, 2.05) is 0 Å². The topological polar surface area (TPSA) is 83.4 Å². The molecular weight excluding hydrogens is 210 g/mol. The van der Waals surface area contributed by atoms with Gasteiger partial charge in [-0.05, 0) is 26.8 Å². The molecule has 1 heterocycles. The normalized spacial score (nSPS) is 9.69. The standard InChI is InChI=1S/C10H15N3O3/c1-4-11-10(15)13-12-9(14)8-5-6(2)16-7(8)3/h5H,4H2,1-3H3,(H,12,14)(H2,11,13,15). The van der Waals surface area contributed by atoms with Gasteiger partial charge in [0.1, 0.15) is 11.5 Å². The van der Waals surface area contributed by atoms with E-state index in [4.69, 9.17) is 4.42 Å². The van der Waals surface area contributed by atoms with Crippen molar-refractivity contribution >= 4 is 11.9 Å². The van der Waals surface area contributed by atoms with E-state index in [0.717, 1.165) is 0 Å². The SMILES string of the molecule is CCNC(=O)NNC(=O)c1cc(C)oc1C. The van der Waals surface area contributed by atoms with Gasteiger partial charge in [0, 0.05) is 6.54 Å². The second-order valence-electron chi connectivity index (χ2n) is 3.27. The predicted molar refractivity (Wildman–Crippen MR) is 57.9 cm³/mol. The van der Waals surface area contributed by atoms with Gasteiger partial charge in [-0.1, -0.05) is 0 Å². The Morgan fingerprint density at radius 1 is 1.31 bits per heavy atom. The first-order chi connectivity index (χ1) is 7.54. The molecule has 0 atom stereocenters. The van der Waals surface area contributed by atoms with Crippen LogP contribution in [0.15, 0.2) is 10.5 Å². The minimum atomic E-state index is -0.450. The quantitative estimate of drug-likeness (QED) is 0.653. The summed E-state index contributed by atoms with van der Waals surface area (Å²) in [5.41, 5.74) is 4.92. The third-order valence-corrected chi connectivity index (χ3v) is 1.91. The van der Waals surface area contributed by atoms with Crippen molar-refractivity contribution in [1.82, 2.24) is 16.2 Å². The van der Waals surface area contributed by atoms with Crippen molar-refractivity contribution < 1.29 is 14.0 Å². The fraction of sp³-hybridized carbons (Fsp3) is 0.400. The van der Waals surface area contributed by atoms with Crippen LogP contribution in [-0.4, -0.2) is 18.5 Å². The minimum Gasteiger partial charge on any atom is -0.466 e. The smallest absolute Gasteiger partial charge is 0.333 e. The first-order valence-corrected chi connectivity index (χ1v) is 4.95. The van der Waals surface area contributed by atoms with Gasteiger partial charge in [0.15, 0.2) is 0 Å². The molecule has 0 saturated carbocycles. The molecule has 0 fully saturated rings. The molecule has 0 saturated heterocycles. The summed E-state index contributed by atoms with van der Waals surface area (Å²) in [5, 5.41) is 2.48. The van der Waals surface area contributed by atoms with Crippen molar-refractivity contribution in [2.75, 3.05) is 6.54 Å². The monoisotopic (exact) mass is 225 g/mol. The van der Waals surface area contributed by atoms with E-state index in [1.165, 1.54) is 0 Å². The number of hydrazine groups is 1. The second-order valence-corrected chi connectivity index (χ2v) is 3.27. The van der Waals surface area contributed by atoms with E-state index in [0.29, 0.717) is 23.6 Å². The number of furan rings is 1. The summed E-state index contributed by atoms with van der Waals surface area (Å²) in [5.74, 6) is 0.772. The Kier molecular flexibility index (Phi) is 3.93. The van der Waals surface area contributed by atoms with Gasteiger partial charge in [-0.3, -0.25) is 10.2 Å². The van der Waals surface area contributed by atoms with Crippen molar-refractivity contribution in [3.8, 4) is 0 Å². The van der Waals surface area contributed by atoms with Crippen LogP contribution < -0.4 is 16.2 Å². The molecule has 0 radical (unpaired) electrons. The number of carbonyl (C=O) groups excluding carboxylic acids is 2. The highest BCUT2D eigenvalue weighted by Gasteiger charge is 2.13. The van der Waals surface area contributed by atoms with Gasteiger partial charge in [-0.15, -0.1) is 0 Å². The molecule has 6 heteroatoms. The first-order valence-electron chi connectivity index (χ1n) is 4.95. The zero-order valence-corrected chi connectivity index (χ0v) is 9.51. The second kappa shape index (κ2) is 5.20. The molecule has 3 N–H and O–H groups in total. The fourth-order valence-corrected chi connectivity index (χ4v) is 1.24. The number of rotatable bonds is 2. The highest BCUT2D eigenvalue weighted by molar-refractivity contribution is 5.96. The number of aryl methyl sites for hydroxylation is 2. The maximum Gasteiger partial charge on any atom is 0.333 e. The molecule has 0 aromatic carbocycles. The van der Waals surface area contributed by atoms with E-state index in [9.17, 15) is 9.59 Å². The van der Waals surface area contributed by atoms with Crippen LogP contribution in [0.25, 0.3) is 0 Å². The lowest BCUT2D eigenvalue weighted by molar-refractivity contribution is 0.0935. The summed E-state index contributed by atoms with van der Waals surface area (Å²) >= 11 is 0. The maximum atomic E-state index is 11.6. The van der Waals surface area contributed by atoms with Gasteiger partial charge in [0.2, 0.25) is 0 Å². The van der Waals surface area contributed by atoms with Crippen LogP contribution in [0.1, 0.15) is 28.8 Å². The van der Waals surface area contributed by atoms with E-state index in [-0.39, 0.29) is 0 Å². The lowest BCUT2D eigenvalue weighted by Crippen LogP contribution is -2.46. The number of nitrogens with one attached hydrogen (secondary N) is 3. The maximum absolute atomic E-state index is 11.6. The van der Waals surface area contributed by atoms with Gasteiger partial charge in [0.05, 0.1) is 5.56 Å². The van der Waals surface area contributed by atoms with E-state index in [1.54, 1.807) is 26.8 Å². The van der Waals surface area contributed by atoms with E-state index >= 15 is 0 Å². The Morgan fingerprint density at radius 2 is 2.00 bits per heavy atom. The molecule has 1 aromatic rings. The van der Waals surface area contributed by atoms with Gasteiger partial charge >= 0.3 is 6.03 Å². The van der Waals surface area contributed by atoms with Crippen LogP contribution in [0.3, 0.4) is 0 Å². The fourth-order valence-electron chi connectivity index (χ4n) is 1.24. The Hall–Kier alpha value is -1.98. The van der Waals surface area contributed by atoms with Gasteiger partial charge < -0.3 is 9.73 Å². The minimum absolute atomic E-state index is 0.402. The van der Waals surface area contributed by atoms with E-state index in [2.05, 4.69) is 16.2 Å². The van der Waals surface area contributed by atoms with Crippen molar-refractivity contribution in [1.29, 1.82) is 0 Å². The van der Waals surface area contributed by atoms with Gasteiger partial charge in [-0.25, -0.2) is 10.2 Å². The number of urea groups is 1. The third kappa shape index (κ3) is 3.01. The third-order valence-electron chi connectivity index (χ3n) is 1.91.